The fourth-order valence-electron chi connectivity index (χ4n) is 2.69. The molecular weight excluding hydrogens is 305 g/mol. The minimum Gasteiger partial charge on any atom is -0.296 e. The van der Waals surface area contributed by atoms with Gasteiger partial charge in [0.15, 0.2) is 6.29 Å². The van der Waals surface area contributed by atoms with Crippen molar-refractivity contribution in [3.05, 3.63) is 60.1 Å². The van der Waals surface area contributed by atoms with Crippen LogP contribution in [0.15, 0.2) is 54.4 Å². The van der Waals surface area contributed by atoms with Crippen LogP contribution < -0.4 is 0 Å². The lowest BCUT2D eigenvalue weighted by atomic mass is 10.0. The van der Waals surface area contributed by atoms with Gasteiger partial charge in [0.05, 0.1) is 11.2 Å². The number of halogens is 1. The molecule has 1 aromatic carbocycles. The van der Waals surface area contributed by atoms with Crippen LogP contribution in [0.5, 0.6) is 0 Å². The summed E-state index contributed by atoms with van der Waals surface area (Å²) in [6.07, 6.45) is 4.46. The number of nitrogens with zero attached hydrogens (tertiary/aromatic N) is 1. The van der Waals surface area contributed by atoms with Gasteiger partial charge in [-0.05, 0) is 37.6 Å². The van der Waals surface area contributed by atoms with Crippen LogP contribution in [0.1, 0.15) is 23.8 Å². The Kier molecular flexibility index (Phi) is 3.29. The molecule has 0 saturated heterocycles. The molecule has 4 nitrogen and oxygen atoms in total. The molecule has 1 unspecified atom stereocenters. The van der Waals surface area contributed by atoms with Crippen molar-refractivity contribution in [2.75, 3.05) is 0 Å². The van der Waals surface area contributed by atoms with Gasteiger partial charge in [0.2, 0.25) is 10.0 Å². The van der Waals surface area contributed by atoms with E-state index in [4.69, 9.17) is 0 Å². The summed E-state index contributed by atoms with van der Waals surface area (Å²) in [7, 11) is -4.00. The lowest BCUT2D eigenvalue weighted by Crippen LogP contribution is -2.39. The number of hydrogen-bond donors (Lipinski definition) is 0. The molecule has 3 rings (SSSR count). The van der Waals surface area contributed by atoms with Crippen LogP contribution in [-0.4, -0.2) is 23.4 Å². The summed E-state index contributed by atoms with van der Waals surface area (Å²) in [5, 5.41) is 0.646. The minimum atomic E-state index is -4.00. The van der Waals surface area contributed by atoms with Gasteiger partial charge in [-0.25, -0.2) is 16.8 Å². The Morgan fingerprint density at radius 2 is 2.05 bits per heavy atom. The third-order valence-corrected chi connectivity index (χ3v) is 6.24. The van der Waals surface area contributed by atoms with Crippen molar-refractivity contribution in [3.63, 3.8) is 0 Å². The first-order valence-electron chi connectivity index (χ1n) is 6.75. The van der Waals surface area contributed by atoms with E-state index in [1.54, 1.807) is 24.3 Å². The van der Waals surface area contributed by atoms with Crippen LogP contribution in [0, 0.1) is 0 Å². The van der Waals surface area contributed by atoms with Gasteiger partial charge in [-0.1, -0.05) is 24.3 Å². The van der Waals surface area contributed by atoms with Crippen LogP contribution in [-0.2, 0) is 10.0 Å². The largest absolute Gasteiger partial charge is 0.296 e. The van der Waals surface area contributed by atoms with Crippen LogP contribution in [0.4, 0.5) is 4.39 Å². The van der Waals surface area contributed by atoms with Crippen molar-refractivity contribution in [2.45, 2.75) is 18.1 Å². The van der Waals surface area contributed by atoms with Gasteiger partial charge in [0.25, 0.3) is 0 Å². The molecule has 2 aromatic rings. The summed E-state index contributed by atoms with van der Waals surface area (Å²) in [6, 6.07) is 8.33. The topological polar surface area (TPSA) is 56.1 Å². The molecule has 22 heavy (non-hydrogen) atoms. The quantitative estimate of drug-likeness (QED) is 0.816. The van der Waals surface area contributed by atoms with Crippen molar-refractivity contribution in [1.82, 2.24) is 3.97 Å². The van der Waals surface area contributed by atoms with Crippen molar-refractivity contribution in [1.29, 1.82) is 0 Å². The molecule has 0 fully saturated rings. The molecule has 0 bridgehead atoms. The normalized spacial score (nSPS) is 21.8. The molecule has 1 aromatic heterocycles. The first kappa shape index (κ1) is 14.7. The van der Waals surface area contributed by atoms with Gasteiger partial charge < -0.3 is 0 Å². The lowest BCUT2D eigenvalue weighted by molar-refractivity contribution is 0.111. The monoisotopic (exact) mass is 319 g/mol. The summed E-state index contributed by atoms with van der Waals surface area (Å²) in [4.78, 5) is 11.3. The van der Waals surface area contributed by atoms with Gasteiger partial charge in [0, 0.05) is 5.39 Å². The van der Waals surface area contributed by atoms with Crippen molar-refractivity contribution < 1.29 is 17.6 Å². The van der Waals surface area contributed by atoms with E-state index in [9.17, 15) is 17.6 Å². The number of carbonyl (C=O) groups is 1. The average Bonchev–Trinajstić information content (AvgIpc) is 2.85. The molecule has 0 spiro atoms. The zero-order valence-corrected chi connectivity index (χ0v) is 12.7. The second-order valence-electron chi connectivity index (χ2n) is 5.46. The van der Waals surface area contributed by atoms with Crippen LogP contribution in [0.3, 0.4) is 0 Å². The second-order valence-corrected chi connectivity index (χ2v) is 7.71. The van der Waals surface area contributed by atoms with E-state index in [1.165, 1.54) is 25.1 Å². The molecule has 1 aliphatic carbocycles. The summed E-state index contributed by atoms with van der Waals surface area (Å²) in [6.45, 7) is 1.45. The summed E-state index contributed by atoms with van der Waals surface area (Å²) >= 11 is 0. The van der Waals surface area contributed by atoms with Crippen LogP contribution >= 0.6 is 0 Å². The third-order valence-electron chi connectivity index (χ3n) is 3.89. The maximum Gasteiger partial charge on any atom is 0.249 e. The average molecular weight is 319 g/mol. The summed E-state index contributed by atoms with van der Waals surface area (Å²) in [5.41, 5.74) is 0.444. The number of benzene rings is 1. The fourth-order valence-corrected chi connectivity index (χ4v) is 4.48. The smallest absolute Gasteiger partial charge is 0.249 e. The maximum absolute atomic E-state index is 13.6. The molecule has 0 radical (unpaired) electrons. The zero-order chi connectivity index (χ0) is 16.0. The Morgan fingerprint density at radius 1 is 1.32 bits per heavy atom. The van der Waals surface area contributed by atoms with E-state index in [2.05, 4.69) is 0 Å². The van der Waals surface area contributed by atoms with Crippen molar-refractivity contribution in [2.24, 2.45) is 0 Å². The zero-order valence-electron chi connectivity index (χ0n) is 11.9. The standard InChI is InChI=1S/C16H14FNO3S/c1-16(8-4-6-13(17)10-16)22(20,21)18-14(11-19)9-12-5-2-3-7-15(12)18/h2-7,9-11H,8H2,1H3. The Morgan fingerprint density at radius 3 is 2.73 bits per heavy atom. The molecule has 0 aliphatic heterocycles. The molecular formula is C16H14FNO3S. The number of allylic oxidation sites excluding steroid dienone is 3. The SMILES string of the molecule is CC1(S(=O)(=O)n2c(C=O)cc3ccccc32)C=C(F)C=CC1. The number of fused-ring (bicyclic) bond motifs is 1. The third kappa shape index (κ3) is 2.02. The fraction of sp³-hybridized carbons (Fsp3) is 0.188. The first-order chi connectivity index (χ1) is 10.4. The number of carbonyl (C=O) groups excluding carboxylic acids is 1. The maximum atomic E-state index is 13.6. The number of aldehydes is 1. The van der Waals surface area contributed by atoms with E-state index in [-0.39, 0.29) is 12.1 Å². The first-order valence-corrected chi connectivity index (χ1v) is 8.19. The van der Waals surface area contributed by atoms with Crippen LogP contribution in [0.2, 0.25) is 0 Å². The van der Waals surface area contributed by atoms with Gasteiger partial charge in [-0.2, -0.15) is 0 Å². The van der Waals surface area contributed by atoms with E-state index in [1.807, 2.05) is 0 Å². The van der Waals surface area contributed by atoms with Gasteiger partial charge >= 0.3 is 0 Å². The van der Waals surface area contributed by atoms with Crippen molar-refractivity contribution in [3.8, 4) is 0 Å². The Bertz CT molecular complexity index is 924. The highest BCUT2D eigenvalue weighted by Crippen LogP contribution is 2.34. The molecule has 0 N–H and O–H groups in total. The number of para-hydroxylation sites is 1. The minimum absolute atomic E-state index is 0.0331. The highest BCUT2D eigenvalue weighted by molar-refractivity contribution is 7.91. The molecule has 114 valence electrons. The number of hydrogen-bond acceptors (Lipinski definition) is 3. The Labute approximate surface area is 127 Å². The van der Waals surface area contributed by atoms with E-state index < -0.39 is 20.6 Å². The predicted octanol–water partition coefficient (Wildman–Crippen LogP) is 3.20. The molecule has 0 saturated carbocycles. The Balaban J connectivity index is 2.31. The second kappa shape index (κ2) is 4.91. The summed E-state index contributed by atoms with van der Waals surface area (Å²) in [5.74, 6) is -0.596. The van der Waals surface area contributed by atoms with Gasteiger partial charge in [-0.3, -0.25) is 4.79 Å². The molecule has 1 atom stereocenters. The molecule has 1 heterocycles. The van der Waals surface area contributed by atoms with Crippen LogP contribution in [0.25, 0.3) is 10.9 Å². The number of aromatic nitrogens is 1. The lowest BCUT2D eigenvalue weighted by Gasteiger charge is -2.28. The van der Waals surface area contributed by atoms with E-state index in [0.29, 0.717) is 17.2 Å². The van der Waals surface area contributed by atoms with Gasteiger partial charge in [-0.15, -0.1) is 0 Å². The van der Waals surface area contributed by atoms with Crippen molar-refractivity contribution >= 4 is 27.2 Å². The molecule has 0 amide bonds. The van der Waals surface area contributed by atoms with Gasteiger partial charge in [0.1, 0.15) is 10.6 Å². The number of rotatable bonds is 3. The summed E-state index contributed by atoms with van der Waals surface area (Å²) < 4.78 is 39.3. The predicted molar refractivity (Wildman–Crippen MR) is 83.0 cm³/mol. The van der Waals surface area contributed by atoms with E-state index in [0.717, 1.165) is 10.0 Å². The molecule has 1 aliphatic rings. The highest BCUT2D eigenvalue weighted by atomic mass is 32.2. The molecule has 6 heteroatoms. The van der Waals surface area contributed by atoms with E-state index >= 15 is 0 Å². The Hall–Kier alpha value is -2.21. The highest BCUT2D eigenvalue weighted by Gasteiger charge is 2.41.